The maximum absolute atomic E-state index is 13.4. The molecule has 4 heteroatoms. The van der Waals surface area contributed by atoms with Gasteiger partial charge in [0.2, 0.25) is 0 Å². The van der Waals surface area contributed by atoms with Crippen molar-refractivity contribution in [3.05, 3.63) is 34.1 Å². The van der Waals surface area contributed by atoms with E-state index in [4.69, 9.17) is 4.74 Å². The molecule has 1 unspecified atom stereocenters. The van der Waals surface area contributed by atoms with Crippen molar-refractivity contribution >= 4 is 15.9 Å². The molecule has 1 N–H and O–H groups in total. The fourth-order valence-corrected chi connectivity index (χ4v) is 3.20. The number of nitrogens with one attached hydrogen (secondary N) is 1. The van der Waals surface area contributed by atoms with Crippen molar-refractivity contribution in [1.29, 1.82) is 0 Å². The molecule has 1 rings (SSSR count). The first kappa shape index (κ1) is 16.6. The molecule has 0 saturated carbocycles. The van der Waals surface area contributed by atoms with Gasteiger partial charge in [-0.2, -0.15) is 0 Å². The summed E-state index contributed by atoms with van der Waals surface area (Å²) in [4.78, 5) is 0. The van der Waals surface area contributed by atoms with E-state index < -0.39 is 0 Å². The number of hydrogen-bond donors (Lipinski definition) is 1. The van der Waals surface area contributed by atoms with Crippen molar-refractivity contribution in [1.82, 2.24) is 5.32 Å². The molecule has 1 aromatic carbocycles. The molecule has 1 atom stereocenters. The summed E-state index contributed by atoms with van der Waals surface area (Å²) in [5.41, 5.74) is 0.752. The number of likely N-dealkylation sites (N-methyl/N-ethyl adjacent to an activating group) is 1. The predicted molar refractivity (Wildman–Crippen MR) is 81.0 cm³/mol. The second kappa shape index (κ2) is 7.36. The zero-order valence-electron chi connectivity index (χ0n) is 12.1. The van der Waals surface area contributed by atoms with E-state index in [2.05, 4.69) is 35.1 Å². The van der Waals surface area contributed by atoms with Crippen LogP contribution in [0.25, 0.3) is 0 Å². The molecule has 0 fully saturated rings. The average molecular weight is 332 g/mol. The number of benzene rings is 1. The topological polar surface area (TPSA) is 21.3 Å². The second-order valence-electron chi connectivity index (χ2n) is 4.80. The first-order chi connectivity index (χ1) is 9.01. The smallest absolute Gasteiger partial charge is 0.124 e. The summed E-state index contributed by atoms with van der Waals surface area (Å²) in [6.45, 7) is 4.25. The van der Waals surface area contributed by atoms with Gasteiger partial charge in [-0.3, -0.25) is 0 Å². The Bertz CT molecular complexity index is 379. The summed E-state index contributed by atoms with van der Waals surface area (Å²) in [7, 11) is 3.68. The lowest BCUT2D eigenvalue weighted by molar-refractivity contribution is -0.0454. The van der Waals surface area contributed by atoms with E-state index in [1.165, 1.54) is 6.07 Å². The summed E-state index contributed by atoms with van der Waals surface area (Å²) < 4.78 is 20.0. The Kier molecular flexibility index (Phi) is 6.43. The van der Waals surface area contributed by atoms with Crippen LogP contribution in [0, 0.1) is 5.82 Å². The molecular weight excluding hydrogens is 309 g/mol. The van der Waals surface area contributed by atoms with E-state index in [0.717, 1.165) is 29.3 Å². The first-order valence-electron chi connectivity index (χ1n) is 6.68. The normalized spacial score (nSPS) is 13.6. The van der Waals surface area contributed by atoms with Crippen LogP contribution in [0.15, 0.2) is 22.7 Å². The maximum Gasteiger partial charge on any atom is 0.124 e. The summed E-state index contributed by atoms with van der Waals surface area (Å²) in [6.07, 6.45) is 2.58. The lowest BCUT2D eigenvalue weighted by Gasteiger charge is -2.38. The van der Waals surface area contributed by atoms with Gasteiger partial charge in [0.1, 0.15) is 5.82 Å². The van der Waals surface area contributed by atoms with Crippen LogP contribution in [0.3, 0.4) is 0 Å². The number of ether oxygens (including phenoxy) is 1. The van der Waals surface area contributed by atoms with Crippen molar-refractivity contribution < 1.29 is 9.13 Å². The Labute approximate surface area is 123 Å². The average Bonchev–Trinajstić information content (AvgIpc) is 2.38. The van der Waals surface area contributed by atoms with Crippen LogP contribution in [0.1, 0.15) is 32.3 Å². The molecule has 0 aliphatic rings. The molecule has 0 aliphatic carbocycles. The van der Waals surface area contributed by atoms with Gasteiger partial charge < -0.3 is 10.1 Å². The fourth-order valence-electron chi connectivity index (χ4n) is 2.69. The largest absolute Gasteiger partial charge is 0.377 e. The number of rotatable bonds is 7. The third-order valence-electron chi connectivity index (χ3n) is 3.95. The monoisotopic (exact) mass is 331 g/mol. The van der Waals surface area contributed by atoms with Gasteiger partial charge in [-0.25, -0.2) is 4.39 Å². The van der Waals surface area contributed by atoms with Gasteiger partial charge in [0, 0.05) is 17.6 Å². The predicted octanol–water partition coefficient (Wildman–Crippen LogP) is 3.92. The lowest BCUT2D eigenvalue weighted by Crippen LogP contribution is -2.51. The molecule has 108 valence electrons. The van der Waals surface area contributed by atoms with E-state index in [1.54, 1.807) is 13.2 Å². The summed E-state index contributed by atoms with van der Waals surface area (Å²) in [6, 6.07) is 5.17. The highest BCUT2D eigenvalue weighted by Crippen LogP contribution is 2.27. The van der Waals surface area contributed by atoms with E-state index in [9.17, 15) is 4.39 Å². The zero-order valence-corrected chi connectivity index (χ0v) is 13.7. The molecule has 0 aromatic heterocycles. The van der Waals surface area contributed by atoms with Crippen LogP contribution >= 0.6 is 15.9 Å². The van der Waals surface area contributed by atoms with E-state index in [0.29, 0.717) is 0 Å². The zero-order chi connectivity index (χ0) is 14.5. The van der Waals surface area contributed by atoms with Gasteiger partial charge in [-0.15, -0.1) is 0 Å². The minimum atomic E-state index is -0.215. The Morgan fingerprint density at radius 1 is 1.32 bits per heavy atom. The van der Waals surface area contributed by atoms with E-state index in [1.807, 2.05) is 13.1 Å². The Morgan fingerprint density at radius 3 is 2.37 bits per heavy atom. The molecule has 19 heavy (non-hydrogen) atoms. The third-order valence-corrected chi connectivity index (χ3v) is 4.41. The Morgan fingerprint density at radius 2 is 1.95 bits per heavy atom. The fraction of sp³-hybridized carbons (Fsp3) is 0.600. The second-order valence-corrected chi connectivity index (χ2v) is 5.71. The highest BCUT2D eigenvalue weighted by atomic mass is 79.9. The van der Waals surface area contributed by atoms with Crippen molar-refractivity contribution in [2.45, 2.75) is 44.8 Å². The standard InChI is InChI=1S/C15H23BrFNO/c1-5-15(6-2,19-4)14(18-3)9-11-7-12(16)10-13(17)8-11/h7-8,10,14,18H,5-6,9H2,1-4H3. The summed E-state index contributed by atoms with van der Waals surface area (Å²) in [5.74, 6) is -0.213. The van der Waals surface area contributed by atoms with Gasteiger partial charge in [-0.05, 0) is 50.1 Å². The molecule has 0 amide bonds. The SMILES string of the molecule is CCC(CC)(OC)C(Cc1cc(F)cc(Br)c1)NC. The van der Waals surface area contributed by atoms with Crippen molar-refractivity contribution in [3.63, 3.8) is 0 Å². The van der Waals surface area contributed by atoms with Crippen molar-refractivity contribution in [3.8, 4) is 0 Å². The molecule has 0 heterocycles. The summed E-state index contributed by atoms with van der Waals surface area (Å²) >= 11 is 3.33. The number of halogens is 2. The Hall–Kier alpha value is -0.450. The van der Waals surface area contributed by atoms with Crippen LogP contribution in [0.2, 0.25) is 0 Å². The highest BCUT2D eigenvalue weighted by molar-refractivity contribution is 9.10. The van der Waals surface area contributed by atoms with Gasteiger partial charge in [0.05, 0.1) is 5.60 Å². The van der Waals surface area contributed by atoms with Gasteiger partial charge in [0.25, 0.3) is 0 Å². The Balaban J connectivity index is 2.98. The van der Waals surface area contributed by atoms with Crippen LogP contribution in [-0.2, 0) is 11.2 Å². The minimum absolute atomic E-state index is 0.154. The van der Waals surface area contributed by atoms with Crippen molar-refractivity contribution in [2.75, 3.05) is 14.2 Å². The molecule has 0 radical (unpaired) electrons. The lowest BCUT2D eigenvalue weighted by atomic mass is 9.84. The van der Waals surface area contributed by atoms with Crippen LogP contribution in [0.4, 0.5) is 4.39 Å². The highest BCUT2D eigenvalue weighted by Gasteiger charge is 2.34. The molecule has 1 aromatic rings. The molecule has 0 bridgehead atoms. The van der Waals surface area contributed by atoms with Crippen LogP contribution in [0.5, 0.6) is 0 Å². The van der Waals surface area contributed by atoms with Gasteiger partial charge >= 0.3 is 0 Å². The quantitative estimate of drug-likeness (QED) is 0.817. The third kappa shape index (κ3) is 4.01. The van der Waals surface area contributed by atoms with E-state index in [-0.39, 0.29) is 17.5 Å². The van der Waals surface area contributed by atoms with Crippen LogP contribution in [-0.4, -0.2) is 25.8 Å². The van der Waals surface area contributed by atoms with Gasteiger partial charge in [-0.1, -0.05) is 29.8 Å². The molecule has 2 nitrogen and oxygen atoms in total. The molecular formula is C15H23BrFNO. The number of methoxy groups -OCH3 is 1. The van der Waals surface area contributed by atoms with Crippen LogP contribution < -0.4 is 5.32 Å². The number of hydrogen-bond acceptors (Lipinski definition) is 2. The summed E-state index contributed by atoms with van der Waals surface area (Å²) in [5, 5.41) is 3.32. The minimum Gasteiger partial charge on any atom is -0.377 e. The van der Waals surface area contributed by atoms with Crippen molar-refractivity contribution in [2.24, 2.45) is 0 Å². The molecule has 0 aliphatic heterocycles. The van der Waals surface area contributed by atoms with E-state index >= 15 is 0 Å². The first-order valence-corrected chi connectivity index (χ1v) is 7.48. The molecule has 0 spiro atoms. The molecule has 0 saturated heterocycles. The van der Waals surface area contributed by atoms with Gasteiger partial charge in [0.15, 0.2) is 0 Å². The maximum atomic E-state index is 13.4.